The first kappa shape index (κ1) is 14.0. The number of nitrogens with two attached hydrogens (primary N) is 1. The number of hydrogen-bond donors (Lipinski definition) is 1. The molecule has 8 heteroatoms. The van der Waals surface area contributed by atoms with Crippen LogP contribution >= 0.6 is 0 Å². The molecule has 0 saturated heterocycles. The van der Waals surface area contributed by atoms with Crippen molar-refractivity contribution in [1.29, 1.82) is 0 Å². The smallest absolute Gasteiger partial charge is 0.243 e. The Hall–Kier alpha value is -1.93. The minimum Gasteiger partial charge on any atom is -0.399 e. The Morgan fingerprint density at radius 1 is 1.24 bits per heavy atom. The highest BCUT2D eigenvalue weighted by Gasteiger charge is 2.30. The van der Waals surface area contributed by atoms with Crippen molar-refractivity contribution in [2.24, 2.45) is 0 Å². The molecule has 21 heavy (non-hydrogen) atoms. The first-order chi connectivity index (χ1) is 9.89. The standard InChI is InChI=1S/C13H17N5O2S/c1-9-5-11(14)6-12(10(9)2)21(19,20)18-4-3-17-8-15-16-13(17)7-18/h5-6,8H,3-4,7,14H2,1-2H3. The summed E-state index contributed by atoms with van der Waals surface area (Å²) < 4.78 is 29.0. The third kappa shape index (κ3) is 2.30. The zero-order valence-electron chi connectivity index (χ0n) is 11.9. The van der Waals surface area contributed by atoms with Gasteiger partial charge in [0, 0.05) is 18.8 Å². The van der Waals surface area contributed by atoms with E-state index in [-0.39, 0.29) is 11.4 Å². The van der Waals surface area contributed by atoms with Gasteiger partial charge in [-0.2, -0.15) is 4.31 Å². The van der Waals surface area contributed by atoms with E-state index >= 15 is 0 Å². The van der Waals surface area contributed by atoms with Gasteiger partial charge in [0.2, 0.25) is 10.0 Å². The van der Waals surface area contributed by atoms with Gasteiger partial charge in [-0.25, -0.2) is 8.42 Å². The highest BCUT2D eigenvalue weighted by molar-refractivity contribution is 7.89. The van der Waals surface area contributed by atoms with Crippen LogP contribution in [0.25, 0.3) is 0 Å². The van der Waals surface area contributed by atoms with E-state index in [1.54, 1.807) is 19.3 Å². The Labute approximate surface area is 123 Å². The predicted octanol–water partition coefficient (Wildman–Crippen LogP) is 0.682. The van der Waals surface area contributed by atoms with E-state index in [4.69, 9.17) is 5.73 Å². The quantitative estimate of drug-likeness (QED) is 0.823. The lowest BCUT2D eigenvalue weighted by atomic mass is 10.1. The minimum atomic E-state index is -3.59. The van der Waals surface area contributed by atoms with Crippen LogP contribution < -0.4 is 5.73 Å². The van der Waals surface area contributed by atoms with Gasteiger partial charge in [-0.05, 0) is 37.1 Å². The first-order valence-corrected chi connectivity index (χ1v) is 8.07. The molecule has 2 aromatic rings. The summed E-state index contributed by atoms with van der Waals surface area (Å²) >= 11 is 0. The molecule has 0 fully saturated rings. The van der Waals surface area contributed by atoms with Crippen molar-refractivity contribution in [2.45, 2.75) is 31.8 Å². The third-order valence-electron chi connectivity index (χ3n) is 3.86. The summed E-state index contributed by atoms with van der Waals surface area (Å²) in [6, 6.07) is 3.30. The number of sulfonamides is 1. The van der Waals surface area contributed by atoms with E-state index < -0.39 is 10.0 Å². The van der Waals surface area contributed by atoms with Crippen molar-refractivity contribution in [3.63, 3.8) is 0 Å². The number of hydrogen-bond acceptors (Lipinski definition) is 5. The Balaban J connectivity index is 2.03. The van der Waals surface area contributed by atoms with Crippen LogP contribution in [0.5, 0.6) is 0 Å². The maximum Gasteiger partial charge on any atom is 0.243 e. The van der Waals surface area contributed by atoms with Crippen LogP contribution in [0.2, 0.25) is 0 Å². The number of nitrogens with zero attached hydrogens (tertiary/aromatic N) is 4. The van der Waals surface area contributed by atoms with Crippen LogP contribution in [0.1, 0.15) is 17.0 Å². The van der Waals surface area contributed by atoms with Gasteiger partial charge in [-0.15, -0.1) is 10.2 Å². The van der Waals surface area contributed by atoms with Crippen molar-refractivity contribution < 1.29 is 8.42 Å². The summed E-state index contributed by atoms with van der Waals surface area (Å²) in [5, 5.41) is 7.76. The zero-order valence-corrected chi connectivity index (χ0v) is 12.8. The molecule has 1 aliphatic rings. The zero-order chi connectivity index (χ0) is 15.2. The summed E-state index contributed by atoms with van der Waals surface area (Å²) in [5.74, 6) is 0.656. The molecular weight excluding hydrogens is 290 g/mol. The Morgan fingerprint density at radius 2 is 2.00 bits per heavy atom. The van der Waals surface area contributed by atoms with Crippen LogP contribution in [-0.4, -0.2) is 34.0 Å². The molecule has 0 aliphatic carbocycles. The average Bonchev–Trinajstić information content (AvgIpc) is 2.89. The van der Waals surface area contributed by atoms with E-state index in [2.05, 4.69) is 10.2 Å². The number of nitrogen functional groups attached to an aromatic ring is 1. The monoisotopic (exact) mass is 307 g/mol. The van der Waals surface area contributed by atoms with Crippen molar-refractivity contribution in [3.05, 3.63) is 35.4 Å². The van der Waals surface area contributed by atoms with E-state index in [0.717, 1.165) is 11.1 Å². The van der Waals surface area contributed by atoms with Gasteiger partial charge < -0.3 is 10.3 Å². The molecule has 0 radical (unpaired) electrons. The topological polar surface area (TPSA) is 94.1 Å². The number of anilines is 1. The molecule has 0 unspecified atom stereocenters. The van der Waals surface area contributed by atoms with Crippen LogP contribution in [0, 0.1) is 13.8 Å². The lowest BCUT2D eigenvalue weighted by molar-refractivity contribution is 0.335. The Bertz CT molecular complexity index is 797. The summed E-state index contributed by atoms with van der Waals surface area (Å²) in [5.41, 5.74) is 7.86. The van der Waals surface area contributed by atoms with Crippen LogP contribution in [0.3, 0.4) is 0 Å². The second kappa shape index (κ2) is 4.81. The van der Waals surface area contributed by atoms with Crippen LogP contribution in [0.15, 0.2) is 23.4 Å². The molecule has 0 bridgehead atoms. The summed E-state index contributed by atoms with van der Waals surface area (Å²) in [4.78, 5) is 0.271. The predicted molar refractivity (Wildman–Crippen MR) is 77.9 cm³/mol. The summed E-state index contributed by atoms with van der Waals surface area (Å²) in [6.07, 6.45) is 1.62. The molecular formula is C13H17N5O2S. The normalized spacial score (nSPS) is 15.9. The van der Waals surface area contributed by atoms with Gasteiger partial charge in [0.1, 0.15) is 12.2 Å². The fraction of sp³-hybridized carbons (Fsp3) is 0.385. The van der Waals surface area contributed by atoms with Crippen LogP contribution in [-0.2, 0) is 23.1 Å². The third-order valence-corrected chi connectivity index (χ3v) is 5.84. The molecule has 0 spiro atoms. The molecule has 0 atom stereocenters. The maximum atomic E-state index is 12.9. The van der Waals surface area contributed by atoms with Gasteiger partial charge in [0.25, 0.3) is 0 Å². The highest BCUT2D eigenvalue weighted by atomic mass is 32.2. The van der Waals surface area contributed by atoms with Gasteiger partial charge in [0.05, 0.1) is 11.4 Å². The minimum absolute atomic E-state index is 0.232. The Morgan fingerprint density at radius 3 is 2.76 bits per heavy atom. The van der Waals surface area contributed by atoms with Gasteiger partial charge in [0.15, 0.2) is 0 Å². The average molecular weight is 307 g/mol. The Kier molecular flexibility index (Phi) is 3.22. The SMILES string of the molecule is Cc1cc(N)cc(S(=O)(=O)N2CCn3cnnc3C2)c1C. The molecule has 2 heterocycles. The molecule has 2 N–H and O–H groups in total. The number of rotatable bonds is 2. The number of fused-ring (bicyclic) bond motifs is 1. The van der Waals surface area contributed by atoms with E-state index in [0.29, 0.717) is 24.6 Å². The molecule has 112 valence electrons. The molecule has 0 saturated carbocycles. The maximum absolute atomic E-state index is 12.9. The number of benzene rings is 1. The highest BCUT2D eigenvalue weighted by Crippen LogP contribution is 2.27. The van der Waals surface area contributed by atoms with E-state index in [1.807, 2.05) is 11.5 Å². The number of aryl methyl sites for hydroxylation is 1. The molecule has 0 amide bonds. The summed E-state index contributed by atoms with van der Waals surface area (Å²) in [7, 11) is -3.59. The van der Waals surface area contributed by atoms with E-state index in [9.17, 15) is 8.42 Å². The fourth-order valence-electron chi connectivity index (χ4n) is 2.51. The fourth-order valence-corrected chi connectivity index (χ4v) is 4.23. The second-order valence-corrected chi connectivity index (χ2v) is 7.15. The molecule has 3 rings (SSSR count). The first-order valence-electron chi connectivity index (χ1n) is 6.63. The van der Waals surface area contributed by atoms with Gasteiger partial charge in [-0.3, -0.25) is 0 Å². The van der Waals surface area contributed by atoms with Crippen molar-refractivity contribution in [3.8, 4) is 0 Å². The summed E-state index contributed by atoms with van der Waals surface area (Å²) in [6.45, 7) is 4.85. The molecule has 7 nitrogen and oxygen atoms in total. The van der Waals surface area contributed by atoms with Crippen molar-refractivity contribution in [1.82, 2.24) is 19.1 Å². The van der Waals surface area contributed by atoms with Crippen molar-refractivity contribution >= 4 is 15.7 Å². The lowest BCUT2D eigenvalue weighted by Crippen LogP contribution is -2.38. The molecule has 1 aliphatic heterocycles. The number of aromatic nitrogens is 3. The van der Waals surface area contributed by atoms with Gasteiger partial charge >= 0.3 is 0 Å². The lowest BCUT2D eigenvalue weighted by Gasteiger charge is -2.27. The largest absolute Gasteiger partial charge is 0.399 e. The second-order valence-electron chi connectivity index (χ2n) is 5.24. The van der Waals surface area contributed by atoms with Crippen molar-refractivity contribution in [2.75, 3.05) is 12.3 Å². The molecule has 1 aromatic carbocycles. The molecule has 1 aromatic heterocycles. The van der Waals surface area contributed by atoms with Crippen LogP contribution in [0.4, 0.5) is 5.69 Å². The van der Waals surface area contributed by atoms with E-state index in [1.165, 1.54) is 10.4 Å². The van der Waals surface area contributed by atoms with Gasteiger partial charge in [-0.1, -0.05) is 0 Å².